The highest BCUT2D eigenvalue weighted by atomic mass is 35.5. The summed E-state index contributed by atoms with van der Waals surface area (Å²) in [6.45, 7) is 2.44. The summed E-state index contributed by atoms with van der Waals surface area (Å²) >= 11 is 17.8. The molecule has 0 saturated heterocycles. The average molecular weight is 459 g/mol. The molecule has 0 fully saturated rings. The van der Waals surface area contributed by atoms with Gasteiger partial charge in [-0.25, -0.2) is 0 Å². The zero-order valence-corrected chi connectivity index (χ0v) is 18.5. The van der Waals surface area contributed by atoms with Crippen LogP contribution in [0.3, 0.4) is 0 Å². The third kappa shape index (κ3) is 6.05. The van der Waals surface area contributed by atoms with Crippen molar-refractivity contribution < 1.29 is 0 Å². The van der Waals surface area contributed by atoms with Crippen LogP contribution in [0.4, 0.5) is 11.4 Å². The molecule has 0 spiro atoms. The lowest BCUT2D eigenvalue weighted by atomic mass is 10.1. The van der Waals surface area contributed by atoms with Crippen LogP contribution >= 0.6 is 47.2 Å². The highest BCUT2D eigenvalue weighted by molar-refractivity contribution is 6.31. The molecule has 7 heteroatoms. The zero-order valence-electron chi connectivity index (χ0n) is 15.4. The van der Waals surface area contributed by atoms with E-state index in [1.165, 1.54) is 5.56 Å². The monoisotopic (exact) mass is 457 g/mol. The molecule has 0 radical (unpaired) electrons. The van der Waals surface area contributed by atoms with Crippen molar-refractivity contribution in [1.29, 1.82) is 0 Å². The molecule has 0 bridgehead atoms. The van der Waals surface area contributed by atoms with Crippen LogP contribution in [-0.2, 0) is 6.42 Å². The zero-order chi connectivity index (χ0) is 19.1. The number of fused-ring (bicyclic) bond motifs is 1. The average Bonchev–Trinajstić information content (AvgIpc) is 2.68. The van der Waals surface area contributed by atoms with Crippen molar-refractivity contribution in [2.24, 2.45) is 0 Å². The first-order chi connectivity index (χ1) is 13.2. The van der Waals surface area contributed by atoms with Crippen molar-refractivity contribution >= 4 is 69.5 Å². The van der Waals surface area contributed by atoms with Crippen LogP contribution in [0.15, 0.2) is 54.7 Å². The maximum atomic E-state index is 6.05. The number of hydrogen-bond acceptors (Lipinski definition) is 3. The Morgan fingerprint density at radius 2 is 1.64 bits per heavy atom. The van der Waals surface area contributed by atoms with E-state index >= 15 is 0 Å². The van der Waals surface area contributed by atoms with Gasteiger partial charge in [0.05, 0.1) is 5.52 Å². The van der Waals surface area contributed by atoms with Gasteiger partial charge in [-0.3, -0.25) is 4.98 Å². The molecule has 0 amide bonds. The number of halogens is 4. The van der Waals surface area contributed by atoms with Gasteiger partial charge in [-0.1, -0.05) is 23.7 Å². The van der Waals surface area contributed by atoms with Gasteiger partial charge in [0.15, 0.2) is 0 Å². The van der Waals surface area contributed by atoms with E-state index in [4.69, 9.17) is 34.8 Å². The van der Waals surface area contributed by atoms with Crippen LogP contribution in [0.1, 0.15) is 5.56 Å². The molecule has 150 valence electrons. The molecule has 3 rings (SSSR count). The number of pyridine rings is 1. The summed E-state index contributed by atoms with van der Waals surface area (Å²) < 4.78 is 0. The second kappa shape index (κ2) is 11.6. The summed E-state index contributed by atoms with van der Waals surface area (Å²) in [6, 6.07) is 16.4. The molecule has 0 aliphatic carbocycles. The van der Waals surface area contributed by atoms with Gasteiger partial charge in [-0.05, 0) is 48.4 Å². The number of aromatic nitrogens is 1. The quantitative estimate of drug-likeness (QED) is 0.384. The van der Waals surface area contributed by atoms with Gasteiger partial charge in [0.2, 0.25) is 0 Å². The SMILES string of the molecule is Cl.ClCCN(CCCl)c1ccc(CCNc2ccnc3cc(Cl)ccc23)cc1. The number of alkyl halides is 2. The van der Waals surface area contributed by atoms with Gasteiger partial charge in [-0.15, -0.1) is 35.6 Å². The molecule has 1 heterocycles. The Hall–Kier alpha value is -1.39. The fourth-order valence-corrected chi connectivity index (χ4v) is 3.64. The fourth-order valence-electron chi connectivity index (χ4n) is 3.06. The summed E-state index contributed by atoms with van der Waals surface area (Å²) in [5.74, 6) is 1.18. The van der Waals surface area contributed by atoms with Crippen LogP contribution in [0.2, 0.25) is 5.02 Å². The summed E-state index contributed by atoms with van der Waals surface area (Å²) in [5, 5.41) is 5.28. The van der Waals surface area contributed by atoms with E-state index in [-0.39, 0.29) is 12.4 Å². The van der Waals surface area contributed by atoms with Crippen molar-refractivity contribution in [3.8, 4) is 0 Å². The Balaban J connectivity index is 0.00000280. The highest BCUT2D eigenvalue weighted by Crippen LogP contribution is 2.24. The molecular formula is C21H23Cl4N3. The molecule has 0 atom stereocenters. The van der Waals surface area contributed by atoms with E-state index < -0.39 is 0 Å². The smallest absolute Gasteiger partial charge is 0.0737 e. The summed E-state index contributed by atoms with van der Waals surface area (Å²) in [7, 11) is 0. The van der Waals surface area contributed by atoms with Crippen molar-refractivity contribution in [1.82, 2.24) is 4.98 Å². The van der Waals surface area contributed by atoms with Gasteiger partial charge < -0.3 is 10.2 Å². The van der Waals surface area contributed by atoms with Gasteiger partial charge >= 0.3 is 0 Å². The first-order valence-electron chi connectivity index (χ1n) is 8.95. The molecule has 2 aromatic carbocycles. The van der Waals surface area contributed by atoms with Gasteiger partial charge in [0, 0.05) is 59.4 Å². The van der Waals surface area contributed by atoms with Crippen LogP contribution in [0.25, 0.3) is 10.9 Å². The van der Waals surface area contributed by atoms with E-state index in [2.05, 4.69) is 39.5 Å². The van der Waals surface area contributed by atoms with Crippen molar-refractivity contribution in [2.45, 2.75) is 6.42 Å². The van der Waals surface area contributed by atoms with E-state index in [0.717, 1.165) is 48.3 Å². The molecule has 0 saturated carbocycles. The normalized spacial score (nSPS) is 10.5. The molecule has 28 heavy (non-hydrogen) atoms. The second-order valence-electron chi connectivity index (χ2n) is 6.23. The minimum atomic E-state index is 0. The third-order valence-electron chi connectivity index (χ3n) is 4.44. The number of hydrogen-bond donors (Lipinski definition) is 1. The van der Waals surface area contributed by atoms with Gasteiger partial charge in [0.25, 0.3) is 0 Å². The van der Waals surface area contributed by atoms with E-state index in [1.807, 2.05) is 24.3 Å². The summed E-state index contributed by atoms with van der Waals surface area (Å²) in [5.41, 5.74) is 4.41. The molecular weight excluding hydrogens is 436 g/mol. The van der Waals surface area contributed by atoms with Gasteiger partial charge in [0.1, 0.15) is 0 Å². The Morgan fingerprint density at radius 3 is 2.32 bits per heavy atom. The number of rotatable bonds is 9. The summed E-state index contributed by atoms with van der Waals surface area (Å²) in [6.07, 6.45) is 2.74. The van der Waals surface area contributed by atoms with E-state index in [0.29, 0.717) is 16.8 Å². The highest BCUT2D eigenvalue weighted by Gasteiger charge is 2.06. The maximum Gasteiger partial charge on any atom is 0.0737 e. The molecule has 3 aromatic rings. The summed E-state index contributed by atoms with van der Waals surface area (Å²) in [4.78, 5) is 6.58. The van der Waals surface area contributed by atoms with Crippen molar-refractivity contribution in [2.75, 3.05) is 41.6 Å². The number of nitrogens with one attached hydrogen (secondary N) is 1. The number of anilines is 2. The predicted molar refractivity (Wildman–Crippen MR) is 126 cm³/mol. The van der Waals surface area contributed by atoms with Gasteiger partial charge in [-0.2, -0.15) is 0 Å². The predicted octanol–water partition coefficient (Wildman–Crippen LogP) is 6.25. The lowest BCUT2D eigenvalue weighted by Gasteiger charge is -2.23. The molecule has 0 unspecified atom stereocenters. The second-order valence-corrected chi connectivity index (χ2v) is 7.42. The van der Waals surface area contributed by atoms with Crippen LogP contribution in [-0.4, -0.2) is 36.4 Å². The Kier molecular flexibility index (Phi) is 9.46. The lowest BCUT2D eigenvalue weighted by Crippen LogP contribution is -2.27. The van der Waals surface area contributed by atoms with E-state index in [9.17, 15) is 0 Å². The van der Waals surface area contributed by atoms with Crippen molar-refractivity contribution in [3.05, 3.63) is 65.3 Å². The lowest BCUT2D eigenvalue weighted by molar-refractivity contribution is 0.873. The van der Waals surface area contributed by atoms with Crippen LogP contribution in [0, 0.1) is 0 Å². The standard InChI is InChI=1S/C21H22Cl3N3.ClH/c22-9-13-27(14-10-23)18-4-1-16(2-5-18)7-11-25-20-8-12-26-21-15-17(24)3-6-19(20)21;/h1-6,8,12,15H,7,9-11,13-14H2,(H,25,26);1H. The molecule has 1 N–H and O–H groups in total. The first-order valence-corrected chi connectivity index (χ1v) is 10.4. The molecule has 0 aliphatic heterocycles. The van der Waals surface area contributed by atoms with Crippen molar-refractivity contribution in [3.63, 3.8) is 0 Å². The van der Waals surface area contributed by atoms with Crippen LogP contribution in [0.5, 0.6) is 0 Å². The number of benzene rings is 2. The van der Waals surface area contributed by atoms with Crippen LogP contribution < -0.4 is 10.2 Å². The first kappa shape index (κ1) is 22.9. The number of nitrogens with zero attached hydrogens (tertiary/aromatic N) is 2. The minimum Gasteiger partial charge on any atom is -0.384 e. The minimum absolute atomic E-state index is 0. The Labute approximate surface area is 187 Å². The topological polar surface area (TPSA) is 28.2 Å². The fraction of sp³-hybridized carbons (Fsp3) is 0.286. The maximum absolute atomic E-state index is 6.05. The molecule has 3 nitrogen and oxygen atoms in total. The Bertz CT molecular complexity index is 865. The third-order valence-corrected chi connectivity index (χ3v) is 5.02. The van der Waals surface area contributed by atoms with E-state index in [1.54, 1.807) is 6.20 Å². The molecule has 0 aliphatic rings. The molecule has 1 aromatic heterocycles. The Morgan fingerprint density at radius 1 is 0.929 bits per heavy atom. The largest absolute Gasteiger partial charge is 0.384 e.